The molecule has 0 unspecified atom stereocenters. The largest absolute Gasteiger partial charge is 0.378 e. The summed E-state index contributed by atoms with van der Waals surface area (Å²) in [5.74, 6) is 0. The summed E-state index contributed by atoms with van der Waals surface area (Å²) in [6.07, 6.45) is 1.79. The maximum Gasteiger partial charge on any atom is 0.0814 e. The molecule has 0 aromatic carbocycles. The summed E-state index contributed by atoms with van der Waals surface area (Å²) in [4.78, 5) is 4.15. The minimum Gasteiger partial charge on any atom is -0.378 e. The van der Waals surface area contributed by atoms with Gasteiger partial charge in [-0.25, -0.2) is 0 Å². The van der Waals surface area contributed by atoms with Gasteiger partial charge in [0, 0.05) is 19.3 Å². The molecule has 0 saturated heterocycles. The van der Waals surface area contributed by atoms with Crippen LogP contribution in [0, 0.1) is 0 Å². The van der Waals surface area contributed by atoms with Crippen LogP contribution in [0.4, 0.5) is 0 Å². The molecule has 0 amide bonds. The van der Waals surface area contributed by atoms with Crippen molar-refractivity contribution in [3.8, 4) is 0 Å². The van der Waals surface area contributed by atoms with Crippen molar-refractivity contribution in [2.75, 3.05) is 59.3 Å². The van der Waals surface area contributed by atoms with Crippen molar-refractivity contribution in [3.05, 3.63) is 0 Å². The zero-order chi connectivity index (χ0) is 10.6. The van der Waals surface area contributed by atoms with Crippen LogP contribution in [0.3, 0.4) is 0 Å². The molecule has 5 nitrogen and oxygen atoms in total. The van der Waals surface area contributed by atoms with Crippen LogP contribution in [0.2, 0.25) is 0 Å². The maximum atomic E-state index is 5.34. The van der Waals surface area contributed by atoms with Crippen molar-refractivity contribution in [3.63, 3.8) is 0 Å². The summed E-state index contributed by atoms with van der Waals surface area (Å²) in [5, 5.41) is 3.22. The SMILES string of the molecule is C1=NCCOCCOCCNCCOC1. The van der Waals surface area contributed by atoms with E-state index in [1.807, 2.05) is 0 Å². The summed E-state index contributed by atoms with van der Waals surface area (Å²) in [6, 6.07) is 0. The van der Waals surface area contributed by atoms with Crippen LogP contribution in [0.25, 0.3) is 0 Å². The molecule has 0 spiro atoms. The molecule has 0 aliphatic carbocycles. The van der Waals surface area contributed by atoms with Crippen molar-refractivity contribution in [2.24, 2.45) is 4.99 Å². The predicted molar refractivity (Wildman–Crippen MR) is 58.7 cm³/mol. The molecule has 0 aromatic heterocycles. The first-order valence-corrected chi connectivity index (χ1v) is 5.42. The normalized spacial score (nSPS) is 22.9. The van der Waals surface area contributed by atoms with E-state index in [2.05, 4.69) is 10.3 Å². The van der Waals surface area contributed by atoms with Gasteiger partial charge in [0.2, 0.25) is 0 Å². The maximum absolute atomic E-state index is 5.34. The van der Waals surface area contributed by atoms with E-state index in [0.29, 0.717) is 39.6 Å². The Morgan fingerprint density at radius 3 is 2.47 bits per heavy atom. The van der Waals surface area contributed by atoms with Crippen LogP contribution < -0.4 is 5.32 Å². The number of nitrogens with one attached hydrogen (secondary N) is 1. The highest BCUT2D eigenvalue weighted by molar-refractivity contribution is 5.58. The zero-order valence-electron chi connectivity index (χ0n) is 9.11. The van der Waals surface area contributed by atoms with Crippen LogP contribution in [0.15, 0.2) is 4.99 Å². The smallest absolute Gasteiger partial charge is 0.0814 e. The number of hydrogen-bond acceptors (Lipinski definition) is 5. The van der Waals surface area contributed by atoms with E-state index < -0.39 is 0 Å². The lowest BCUT2D eigenvalue weighted by molar-refractivity contribution is 0.0517. The molecule has 5 heteroatoms. The molecular formula is C10H20N2O3. The molecule has 1 rings (SSSR count). The third kappa shape index (κ3) is 8.50. The van der Waals surface area contributed by atoms with Crippen molar-refractivity contribution < 1.29 is 14.2 Å². The highest BCUT2D eigenvalue weighted by Crippen LogP contribution is 1.81. The van der Waals surface area contributed by atoms with Crippen LogP contribution in [0.1, 0.15) is 0 Å². The van der Waals surface area contributed by atoms with Crippen molar-refractivity contribution in [1.29, 1.82) is 0 Å². The Balaban J connectivity index is 2.08. The highest BCUT2D eigenvalue weighted by Gasteiger charge is 1.92. The Bertz CT molecular complexity index is 149. The van der Waals surface area contributed by atoms with E-state index in [4.69, 9.17) is 14.2 Å². The van der Waals surface area contributed by atoms with Gasteiger partial charge in [-0.2, -0.15) is 0 Å². The van der Waals surface area contributed by atoms with Gasteiger partial charge < -0.3 is 19.5 Å². The Labute approximate surface area is 90.8 Å². The second-order valence-corrected chi connectivity index (χ2v) is 3.14. The van der Waals surface area contributed by atoms with Crippen LogP contribution >= 0.6 is 0 Å². The fraction of sp³-hybridized carbons (Fsp3) is 0.900. The first-order chi connectivity index (χ1) is 7.50. The minimum atomic E-state index is 0.582. The molecule has 88 valence electrons. The second kappa shape index (κ2) is 10.0. The van der Waals surface area contributed by atoms with Gasteiger partial charge in [-0.1, -0.05) is 0 Å². The van der Waals surface area contributed by atoms with Gasteiger partial charge >= 0.3 is 0 Å². The molecule has 1 aliphatic heterocycles. The quantitative estimate of drug-likeness (QED) is 0.604. The molecule has 0 aromatic rings. The molecule has 0 fully saturated rings. The number of hydrogen-bond donors (Lipinski definition) is 1. The number of nitrogens with zero attached hydrogens (tertiary/aromatic N) is 1. The molecule has 1 aliphatic rings. The molecule has 15 heavy (non-hydrogen) atoms. The van der Waals surface area contributed by atoms with Crippen LogP contribution in [0.5, 0.6) is 0 Å². The molecule has 0 bridgehead atoms. The molecule has 0 radical (unpaired) electrons. The first kappa shape index (κ1) is 12.6. The summed E-state index contributed by atoms with van der Waals surface area (Å²) in [5.41, 5.74) is 0. The third-order valence-corrected chi connectivity index (χ3v) is 1.90. The second-order valence-electron chi connectivity index (χ2n) is 3.14. The Kier molecular flexibility index (Phi) is 8.42. The van der Waals surface area contributed by atoms with Crippen LogP contribution in [-0.2, 0) is 14.2 Å². The lowest BCUT2D eigenvalue weighted by Crippen LogP contribution is -2.24. The van der Waals surface area contributed by atoms with E-state index >= 15 is 0 Å². The van der Waals surface area contributed by atoms with Gasteiger partial charge in [-0.3, -0.25) is 4.99 Å². The average molecular weight is 216 g/mol. The van der Waals surface area contributed by atoms with Gasteiger partial charge in [0.05, 0.1) is 46.2 Å². The molecular weight excluding hydrogens is 196 g/mol. The Morgan fingerprint density at radius 2 is 1.60 bits per heavy atom. The van der Waals surface area contributed by atoms with Gasteiger partial charge in [0.15, 0.2) is 0 Å². The van der Waals surface area contributed by atoms with Gasteiger partial charge in [-0.15, -0.1) is 0 Å². The first-order valence-electron chi connectivity index (χ1n) is 5.42. The predicted octanol–water partition coefficient (Wildman–Crippen LogP) is -0.290. The van der Waals surface area contributed by atoms with E-state index in [1.54, 1.807) is 6.21 Å². The number of rotatable bonds is 0. The molecule has 0 saturated carbocycles. The van der Waals surface area contributed by atoms with Gasteiger partial charge in [-0.05, 0) is 0 Å². The minimum absolute atomic E-state index is 0.582. The van der Waals surface area contributed by atoms with Gasteiger partial charge in [0.25, 0.3) is 0 Å². The summed E-state index contributed by atoms with van der Waals surface area (Å²) >= 11 is 0. The zero-order valence-corrected chi connectivity index (χ0v) is 9.11. The monoisotopic (exact) mass is 216 g/mol. The fourth-order valence-electron chi connectivity index (χ4n) is 1.13. The average Bonchev–Trinajstić information content (AvgIpc) is 2.27. The van der Waals surface area contributed by atoms with E-state index in [-0.39, 0.29) is 0 Å². The van der Waals surface area contributed by atoms with Gasteiger partial charge in [0.1, 0.15) is 0 Å². The Morgan fingerprint density at radius 1 is 0.867 bits per heavy atom. The van der Waals surface area contributed by atoms with E-state index in [0.717, 1.165) is 19.7 Å². The standard InChI is InChI=1S/C10H20N2O3/c1-5-13-6-2-12-4-8-15-10-9-14-7-3-11-1/h1,12H,2-10H2. The highest BCUT2D eigenvalue weighted by atomic mass is 16.5. The third-order valence-electron chi connectivity index (χ3n) is 1.90. The molecule has 1 heterocycles. The topological polar surface area (TPSA) is 52.1 Å². The van der Waals surface area contributed by atoms with E-state index in [1.165, 1.54) is 0 Å². The van der Waals surface area contributed by atoms with Crippen molar-refractivity contribution >= 4 is 6.21 Å². The van der Waals surface area contributed by atoms with E-state index in [9.17, 15) is 0 Å². The lowest BCUT2D eigenvalue weighted by Gasteiger charge is -2.05. The fourth-order valence-corrected chi connectivity index (χ4v) is 1.13. The van der Waals surface area contributed by atoms with Crippen molar-refractivity contribution in [1.82, 2.24) is 5.32 Å². The summed E-state index contributed by atoms with van der Waals surface area (Å²) in [6.45, 7) is 6.37. The lowest BCUT2D eigenvalue weighted by atomic mass is 10.6. The van der Waals surface area contributed by atoms with Crippen LogP contribution in [-0.4, -0.2) is 65.5 Å². The Hall–Kier alpha value is -0.490. The summed E-state index contributed by atoms with van der Waals surface area (Å²) in [7, 11) is 0. The molecule has 1 N–H and O–H groups in total. The molecule has 0 atom stereocenters. The number of ether oxygens (including phenoxy) is 3. The number of aliphatic imine (C=N–C) groups is 1. The summed E-state index contributed by atoms with van der Waals surface area (Å²) < 4.78 is 16.0. The van der Waals surface area contributed by atoms with Crippen molar-refractivity contribution in [2.45, 2.75) is 0 Å².